The number of aliphatic hydroxyl groups excluding tert-OH is 1. The Bertz CT molecular complexity index is 1620. The number of carbonyl (C=O) groups excluding carboxylic acids is 1. The van der Waals surface area contributed by atoms with Crippen LogP contribution in [0.2, 0.25) is 0 Å². The number of hydrogen-bond acceptors (Lipinski definition) is 7. The molecule has 3 saturated heterocycles. The van der Waals surface area contributed by atoms with Gasteiger partial charge < -0.3 is 30.6 Å². The normalized spacial score (nSPS) is 20.9. The van der Waals surface area contributed by atoms with Crippen molar-refractivity contribution in [1.29, 1.82) is 0 Å². The minimum absolute atomic E-state index is 0.0351. The van der Waals surface area contributed by atoms with Gasteiger partial charge in [-0.25, -0.2) is 4.79 Å². The minimum Gasteiger partial charge on any atom is -0.506 e. The van der Waals surface area contributed by atoms with E-state index in [1.165, 1.54) is 12.1 Å². The van der Waals surface area contributed by atoms with Crippen LogP contribution in [-0.4, -0.2) is 65.0 Å². The summed E-state index contributed by atoms with van der Waals surface area (Å²) in [5, 5.41) is 28.0. The summed E-state index contributed by atoms with van der Waals surface area (Å²) in [6, 6.07) is 23.9. The highest BCUT2D eigenvalue weighted by atomic mass is 16.6. The van der Waals surface area contributed by atoms with Crippen molar-refractivity contribution in [2.75, 3.05) is 32.7 Å². The molecule has 4 heterocycles. The van der Waals surface area contributed by atoms with Crippen LogP contribution in [0.15, 0.2) is 83.7 Å². The van der Waals surface area contributed by atoms with Crippen molar-refractivity contribution in [3.05, 3.63) is 111 Å². The number of hydrogen-bond donors (Lipinski definition) is 5. The Hall–Kier alpha value is -4.18. The molecule has 3 aliphatic rings. The molecule has 2 bridgehead atoms. The number of fused-ring (bicyclic) bond motifs is 4. The smallest absolute Gasteiger partial charge is 0.408 e. The fourth-order valence-corrected chi connectivity index (χ4v) is 6.40. The molecule has 9 nitrogen and oxygen atoms in total. The Labute approximate surface area is 250 Å². The zero-order chi connectivity index (χ0) is 29.8. The number of pyridine rings is 1. The zero-order valence-electron chi connectivity index (χ0n) is 24.0. The van der Waals surface area contributed by atoms with E-state index in [1.807, 2.05) is 42.5 Å². The molecule has 7 rings (SSSR count). The van der Waals surface area contributed by atoms with Crippen molar-refractivity contribution in [3.8, 4) is 5.75 Å². The minimum atomic E-state index is -0.825. The summed E-state index contributed by atoms with van der Waals surface area (Å²) < 4.78 is 5.95. The maximum absolute atomic E-state index is 13.1. The molecule has 3 aliphatic heterocycles. The molecule has 1 amide bonds. The molecule has 0 radical (unpaired) electrons. The van der Waals surface area contributed by atoms with Crippen molar-refractivity contribution in [2.45, 2.75) is 37.5 Å². The predicted molar refractivity (Wildman–Crippen MR) is 165 cm³/mol. The molecule has 3 atom stereocenters. The molecular weight excluding hydrogens is 544 g/mol. The molecule has 4 aromatic rings. The third kappa shape index (κ3) is 6.74. The number of phenolic OH excluding ortho intramolecular Hbond substituents is 1. The first-order valence-electron chi connectivity index (χ1n) is 15.0. The lowest BCUT2D eigenvalue weighted by Gasteiger charge is -2.43. The van der Waals surface area contributed by atoms with E-state index in [2.05, 4.69) is 32.7 Å². The highest BCUT2D eigenvalue weighted by Crippen LogP contribution is 2.31. The molecule has 0 saturated carbocycles. The van der Waals surface area contributed by atoms with Gasteiger partial charge in [0.2, 0.25) is 5.56 Å². The number of aromatic nitrogens is 1. The number of H-pyrrole nitrogens is 1. The number of aromatic hydroxyl groups is 1. The molecule has 3 aromatic carbocycles. The molecule has 224 valence electrons. The predicted octanol–water partition coefficient (Wildman–Crippen LogP) is 4.01. The van der Waals surface area contributed by atoms with E-state index in [0.717, 1.165) is 55.6 Å². The Morgan fingerprint density at radius 1 is 1.00 bits per heavy atom. The van der Waals surface area contributed by atoms with Gasteiger partial charge in [-0.05, 0) is 79.2 Å². The number of aliphatic hydroxyl groups is 1. The summed E-state index contributed by atoms with van der Waals surface area (Å²) in [6.45, 7) is 3.93. The summed E-state index contributed by atoms with van der Waals surface area (Å²) >= 11 is 0. The lowest BCUT2D eigenvalue weighted by Crippen LogP contribution is -2.52. The molecule has 1 aromatic heterocycles. The summed E-state index contributed by atoms with van der Waals surface area (Å²) in [5.41, 5.74) is 3.68. The fourth-order valence-electron chi connectivity index (χ4n) is 6.40. The molecule has 5 N–H and O–H groups in total. The van der Waals surface area contributed by atoms with E-state index >= 15 is 0 Å². The molecule has 0 spiro atoms. The van der Waals surface area contributed by atoms with Crippen LogP contribution in [0.5, 0.6) is 5.75 Å². The molecule has 1 unspecified atom stereocenters. The SMILES string of the molecule is O=C(NC(c1ccccc1)c1cccc(CCNC[C@@H](O)c2ccc(O)c3[nH]c(=O)ccc23)c1)O[C@H]1CN2CCC1CC2. The van der Waals surface area contributed by atoms with Gasteiger partial charge >= 0.3 is 6.09 Å². The van der Waals surface area contributed by atoms with E-state index in [4.69, 9.17) is 4.74 Å². The number of nitrogens with zero attached hydrogens (tertiary/aromatic N) is 1. The number of aromatic amines is 1. The maximum atomic E-state index is 13.1. The number of rotatable bonds is 10. The molecule has 9 heteroatoms. The number of alkyl carbamates (subject to hydrolysis) is 1. The Morgan fingerprint density at radius 2 is 1.79 bits per heavy atom. The van der Waals surface area contributed by atoms with E-state index in [0.29, 0.717) is 35.5 Å². The van der Waals surface area contributed by atoms with Crippen LogP contribution < -0.4 is 16.2 Å². The van der Waals surface area contributed by atoms with Gasteiger partial charge in [0, 0.05) is 24.5 Å². The average Bonchev–Trinajstić information content (AvgIpc) is 3.03. The monoisotopic (exact) mass is 582 g/mol. The van der Waals surface area contributed by atoms with Gasteiger partial charge in [0.1, 0.15) is 11.9 Å². The molecule has 3 fully saturated rings. The van der Waals surface area contributed by atoms with E-state index in [9.17, 15) is 19.8 Å². The lowest BCUT2D eigenvalue weighted by molar-refractivity contribution is -0.0336. The standard InChI is InChI=1S/C34H38N4O5/c39-28-11-9-26(27-10-12-31(41)36-33(27)28)29(40)20-35-16-13-22-5-4-8-25(19-22)32(24-6-2-1-3-7-24)37-34(42)43-30-21-38-17-14-23(30)15-18-38/h1-12,19,23,29-30,32,35,39-40H,13-18,20-21H2,(H,36,41)(H,37,42)/t29-,30+,32?/m1/s1. The maximum Gasteiger partial charge on any atom is 0.408 e. The quantitative estimate of drug-likeness (QED) is 0.179. The van der Waals surface area contributed by atoms with Crippen LogP contribution in [0.1, 0.15) is 47.2 Å². The second-order valence-corrected chi connectivity index (χ2v) is 11.6. The zero-order valence-corrected chi connectivity index (χ0v) is 24.0. The van der Waals surface area contributed by atoms with Crippen LogP contribution in [0.4, 0.5) is 4.79 Å². The summed E-state index contributed by atoms with van der Waals surface area (Å²) in [4.78, 5) is 29.8. The second kappa shape index (κ2) is 13.0. The highest BCUT2D eigenvalue weighted by Gasteiger charge is 2.36. The lowest BCUT2D eigenvalue weighted by atomic mass is 9.86. The van der Waals surface area contributed by atoms with Gasteiger partial charge in [0.25, 0.3) is 0 Å². The molecule has 0 aliphatic carbocycles. The first kappa shape index (κ1) is 28.9. The average molecular weight is 583 g/mol. The first-order chi connectivity index (χ1) is 20.9. The second-order valence-electron chi connectivity index (χ2n) is 11.6. The van der Waals surface area contributed by atoms with Crippen LogP contribution >= 0.6 is 0 Å². The fraction of sp³-hybridized carbons (Fsp3) is 0.353. The van der Waals surface area contributed by atoms with Crippen molar-refractivity contribution in [1.82, 2.24) is 20.5 Å². The Balaban J connectivity index is 1.09. The number of piperidine rings is 3. The summed E-state index contributed by atoms with van der Waals surface area (Å²) in [5.74, 6) is 0.407. The van der Waals surface area contributed by atoms with E-state index in [-0.39, 0.29) is 29.5 Å². The van der Waals surface area contributed by atoms with Crippen molar-refractivity contribution in [3.63, 3.8) is 0 Å². The van der Waals surface area contributed by atoms with Gasteiger partial charge in [-0.1, -0.05) is 60.7 Å². The molecular formula is C34H38N4O5. The number of benzene rings is 3. The van der Waals surface area contributed by atoms with Gasteiger partial charge in [0.15, 0.2) is 0 Å². The number of phenols is 1. The highest BCUT2D eigenvalue weighted by molar-refractivity contribution is 5.87. The first-order valence-corrected chi connectivity index (χ1v) is 15.0. The number of nitrogens with one attached hydrogen (secondary N) is 3. The van der Waals surface area contributed by atoms with Crippen molar-refractivity contribution in [2.24, 2.45) is 5.92 Å². The molecule has 43 heavy (non-hydrogen) atoms. The Kier molecular flexibility index (Phi) is 8.74. The van der Waals surface area contributed by atoms with Crippen LogP contribution in [0, 0.1) is 5.92 Å². The third-order valence-corrected chi connectivity index (χ3v) is 8.73. The van der Waals surface area contributed by atoms with Gasteiger partial charge in [0.05, 0.1) is 17.7 Å². The van der Waals surface area contributed by atoms with Crippen LogP contribution in [0.3, 0.4) is 0 Å². The third-order valence-electron chi connectivity index (χ3n) is 8.73. The van der Waals surface area contributed by atoms with Crippen molar-refractivity contribution < 1.29 is 19.7 Å². The van der Waals surface area contributed by atoms with Crippen molar-refractivity contribution >= 4 is 17.0 Å². The van der Waals surface area contributed by atoms with E-state index < -0.39 is 6.10 Å². The van der Waals surface area contributed by atoms with Gasteiger partial charge in [-0.15, -0.1) is 0 Å². The number of carbonyl (C=O) groups is 1. The van der Waals surface area contributed by atoms with Gasteiger partial charge in [-0.3, -0.25) is 9.69 Å². The van der Waals surface area contributed by atoms with Crippen LogP contribution in [-0.2, 0) is 11.2 Å². The Morgan fingerprint density at radius 3 is 2.56 bits per heavy atom. The number of amides is 1. The van der Waals surface area contributed by atoms with E-state index in [1.54, 1.807) is 12.1 Å². The largest absolute Gasteiger partial charge is 0.506 e. The van der Waals surface area contributed by atoms with Crippen LogP contribution in [0.25, 0.3) is 10.9 Å². The summed E-state index contributed by atoms with van der Waals surface area (Å²) in [6.07, 6.45) is 1.61. The number of ether oxygens (including phenoxy) is 1. The van der Waals surface area contributed by atoms with Gasteiger partial charge in [-0.2, -0.15) is 0 Å². The topological polar surface area (TPSA) is 127 Å². The summed E-state index contributed by atoms with van der Waals surface area (Å²) in [7, 11) is 0.